The van der Waals surface area contributed by atoms with Gasteiger partial charge in [0.15, 0.2) is 0 Å². The first-order chi connectivity index (χ1) is 10.6. The Balaban J connectivity index is 2.04. The number of hydrogen-bond acceptors (Lipinski definition) is 4. The maximum absolute atomic E-state index is 11.2. The number of anilines is 1. The van der Waals surface area contributed by atoms with Crippen LogP contribution in [0.15, 0.2) is 64.8 Å². The van der Waals surface area contributed by atoms with Gasteiger partial charge in [-0.15, -0.1) is 0 Å². The molecule has 1 atom stereocenters. The molecule has 0 heterocycles. The maximum Gasteiger partial charge on any atom is 0.326 e. The highest BCUT2D eigenvalue weighted by Gasteiger charge is 2.20. The van der Waals surface area contributed by atoms with Gasteiger partial charge in [-0.2, -0.15) is 10.2 Å². The second-order valence-corrected chi connectivity index (χ2v) is 5.29. The van der Waals surface area contributed by atoms with Crippen LogP contribution in [0.4, 0.5) is 17.1 Å². The van der Waals surface area contributed by atoms with Crippen LogP contribution in [0, 0.1) is 5.92 Å². The number of carbonyl (C=O) groups is 1. The summed E-state index contributed by atoms with van der Waals surface area (Å²) in [4.78, 5) is 11.2. The van der Waals surface area contributed by atoms with Crippen molar-refractivity contribution >= 4 is 23.0 Å². The molecule has 0 amide bonds. The summed E-state index contributed by atoms with van der Waals surface area (Å²) < 4.78 is 0. The highest BCUT2D eigenvalue weighted by atomic mass is 16.4. The van der Waals surface area contributed by atoms with Gasteiger partial charge in [-0.05, 0) is 42.3 Å². The first kappa shape index (κ1) is 15.7. The monoisotopic (exact) mass is 297 g/mol. The van der Waals surface area contributed by atoms with Gasteiger partial charge in [-0.1, -0.05) is 32.0 Å². The van der Waals surface area contributed by atoms with Crippen LogP contribution in [0.5, 0.6) is 0 Å². The molecule has 0 spiro atoms. The Labute approximate surface area is 129 Å². The standard InChI is InChI=1S/C17H19N3O2/c1-12(2)16(17(21)22)18-13-8-10-15(11-9-13)20-19-14-6-4-3-5-7-14/h3-12,16,18H,1-2H3,(H,21,22)/t16-/m0/s1. The molecule has 0 aliphatic heterocycles. The van der Waals surface area contributed by atoms with Gasteiger partial charge in [0.25, 0.3) is 0 Å². The Morgan fingerprint density at radius 1 is 0.955 bits per heavy atom. The van der Waals surface area contributed by atoms with Gasteiger partial charge >= 0.3 is 5.97 Å². The van der Waals surface area contributed by atoms with E-state index in [1.165, 1.54) is 0 Å². The molecule has 22 heavy (non-hydrogen) atoms. The summed E-state index contributed by atoms with van der Waals surface area (Å²) in [5.74, 6) is -0.863. The summed E-state index contributed by atoms with van der Waals surface area (Å²) in [6, 6.07) is 16.1. The van der Waals surface area contributed by atoms with E-state index in [0.717, 1.165) is 11.4 Å². The van der Waals surface area contributed by atoms with Gasteiger partial charge < -0.3 is 10.4 Å². The molecule has 2 aromatic carbocycles. The van der Waals surface area contributed by atoms with Crippen molar-refractivity contribution in [2.45, 2.75) is 19.9 Å². The maximum atomic E-state index is 11.2. The topological polar surface area (TPSA) is 74.0 Å². The quantitative estimate of drug-likeness (QED) is 0.764. The van der Waals surface area contributed by atoms with E-state index in [-0.39, 0.29) is 5.92 Å². The Bertz CT molecular complexity index is 637. The summed E-state index contributed by atoms with van der Waals surface area (Å²) >= 11 is 0. The second-order valence-electron chi connectivity index (χ2n) is 5.29. The highest BCUT2D eigenvalue weighted by molar-refractivity contribution is 5.77. The van der Waals surface area contributed by atoms with Crippen molar-refractivity contribution in [3.8, 4) is 0 Å². The van der Waals surface area contributed by atoms with Crippen molar-refractivity contribution in [1.82, 2.24) is 0 Å². The molecule has 0 radical (unpaired) electrons. The molecule has 5 heteroatoms. The number of azo groups is 1. The van der Waals surface area contributed by atoms with Crippen LogP contribution in [0.3, 0.4) is 0 Å². The number of carboxylic acids is 1. The average molecular weight is 297 g/mol. The minimum Gasteiger partial charge on any atom is -0.480 e. The molecular weight excluding hydrogens is 278 g/mol. The molecule has 2 rings (SSSR count). The predicted octanol–water partition coefficient (Wildman–Crippen LogP) is 4.62. The van der Waals surface area contributed by atoms with Crippen molar-refractivity contribution in [3.05, 3.63) is 54.6 Å². The lowest BCUT2D eigenvalue weighted by Gasteiger charge is -2.19. The fourth-order valence-corrected chi connectivity index (χ4v) is 1.93. The molecular formula is C17H19N3O2. The van der Waals surface area contributed by atoms with E-state index in [0.29, 0.717) is 5.69 Å². The van der Waals surface area contributed by atoms with Crippen LogP contribution < -0.4 is 5.32 Å². The zero-order valence-corrected chi connectivity index (χ0v) is 12.6. The van der Waals surface area contributed by atoms with E-state index in [2.05, 4.69) is 15.5 Å². The van der Waals surface area contributed by atoms with Crippen LogP contribution in [0.25, 0.3) is 0 Å². The van der Waals surface area contributed by atoms with E-state index < -0.39 is 12.0 Å². The Kier molecular flexibility index (Phi) is 5.25. The minimum absolute atomic E-state index is 0.00468. The smallest absolute Gasteiger partial charge is 0.326 e. The number of aliphatic carboxylic acids is 1. The predicted molar refractivity (Wildman–Crippen MR) is 86.9 cm³/mol. The normalized spacial score (nSPS) is 12.5. The number of hydrogen-bond donors (Lipinski definition) is 2. The van der Waals surface area contributed by atoms with Crippen LogP contribution in [0.2, 0.25) is 0 Å². The van der Waals surface area contributed by atoms with Crippen molar-refractivity contribution in [2.24, 2.45) is 16.1 Å². The molecule has 0 saturated carbocycles. The van der Waals surface area contributed by atoms with Crippen molar-refractivity contribution in [2.75, 3.05) is 5.32 Å². The molecule has 0 aromatic heterocycles. The van der Waals surface area contributed by atoms with Gasteiger partial charge in [-0.3, -0.25) is 0 Å². The summed E-state index contributed by atoms with van der Waals surface area (Å²) in [7, 11) is 0. The Hall–Kier alpha value is -2.69. The fraction of sp³-hybridized carbons (Fsp3) is 0.235. The summed E-state index contributed by atoms with van der Waals surface area (Å²) in [5.41, 5.74) is 2.25. The van der Waals surface area contributed by atoms with Gasteiger partial charge in [0, 0.05) is 5.69 Å². The summed E-state index contributed by atoms with van der Waals surface area (Å²) in [6.45, 7) is 3.74. The number of nitrogens with zero attached hydrogens (tertiary/aromatic N) is 2. The van der Waals surface area contributed by atoms with E-state index in [9.17, 15) is 9.90 Å². The second kappa shape index (κ2) is 7.36. The van der Waals surface area contributed by atoms with E-state index >= 15 is 0 Å². The van der Waals surface area contributed by atoms with Crippen LogP contribution in [-0.4, -0.2) is 17.1 Å². The molecule has 114 valence electrons. The third-order valence-corrected chi connectivity index (χ3v) is 3.16. The number of nitrogens with one attached hydrogen (secondary N) is 1. The number of carboxylic acid groups (broad SMARTS) is 1. The summed E-state index contributed by atoms with van der Waals surface area (Å²) in [5, 5.41) is 20.5. The largest absolute Gasteiger partial charge is 0.480 e. The van der Waals surface area contributed by atoms with E-state index in [4.69, 9.17) is 0 Å². The van der Waals surface area contributed by atoms with Crippen molar-refractivity contribution < 1.29 is 9.90 Å². The molecule has 0 saturated heterocycles. The SMILES string of the molecule is CC(C)[C@H](Nc1ccc(N=Nc2ccccc2)cc1)C(=O)O. The Morgan fingerprint density at radius 3 is 2.00 bits per heavy atom. The molecule has 2 N–H and O–H groups in total. The first-order valence-corrected chi connectivity index (χ1v) is 7.12. The molecule has 2 aromatic rings. The average Bonchev–Trinajstić information content (AvgIpc) is 2.52. The zero-order valence-electron chi connectivity index (χ0n) is 12.6. The van der Waals surface area contributed by atoms with Gasteiger partial charge in [0.05, 0.1) is 11.4 Å². The molecule has 0 bridgehead atoms. The molecule has 5 nitrogen and oxygen atoms in total. The van der Waals surface area contributed by atoms with Gasteiger partial charge in [0.1, 0.15) is 6.04 Å². The zero-order chi connectivity index (χ0) is 15.9. The molecule has 0 aliphatic carbocycles. The van der Waals surface area contributed by atoms with Crippen molar-refractivity contribution in [1.29, 1.82) is 0 Å². The Morgan fingerprint density at radius 2 is 1.50 bits per heavy atom. The lowest BCUT2D eigenvalue weighted by atomic mass is 10.0. The molecule has 0 fully saturated rings. The molecule has 0 aliphatic rings. The van der Waals surface area contributed by atoms with Gasteiger partial charge in [0.2, 0.25) is 0 Å². The number of rotatable bonds is 6. The van der Waals surface area contributed by atoms with Crippen LogP contribution in [0.1, 0.15) is 13.8 Å². The number of benzene rings is 2. The van der Waals surface area contributed by atoms with Gasteiger partial charge in [-0.25, -0.2) is 4.79 Å². The third-order valence-electron chi connectivity index (χ3n) is 3.16. The van der Waals surface area contributed by atoms with E-state index in [1.807, 2.05) is 44.2 Å². The molecule has 0 unspecified atom stereocenters. The van der Waals surface area contributed by atoms with Crippen LogP contribution >= 0.6 is 0 Å². The highest BCUT2D eigenvalue weighted by Crippen LogP contribution is 2.21. The summed E-state index contributed by atoms with van der Waals surface area (Å²) in [6.07, 6.45) is 0. The van der Waals surface area contributed by atoms with Crippen LogP contribution in [-0.2, 0) is 4.79 Å². The lowest BCUT2D eigenvalue weighted by Crippen LogP contribution is -2.34. The van der Waals surface area contributed by atoms with Crippen molar-refractivity contribution in [3.63, 3.8) is 0 Å². The first-order valence-electron chi connectivity index (χ1n) is 7.12. The third kappa shape index (κ3) is 4.41. The fourth-order valence-electron chi connectivity index (χ4n) is 1.93. The minimum atomic E-state index is -0.858. The lowest BCUT2D eigenvalue weighted by molar-refractivity contribution is -0.138. The van der Waals surface area contributed by atoms with E-state index in [1.54, 1.807) is 24.3 Å².